The fourth-order valence-electron chi connectivity index (χ4n) is 2.55. The molecule has 19 heavy (non-hydrogen) atoms. The van der Waals surface area contributed by atoms with Gasteiger partial charge in [-0.25, -0.2) is 9.67 Å². The van der Waals surface area contributed by atoms with Gasteiger partial charge < -0.3 is 11.1 Å². The van der Waals surface area contributed by atoms with E-state index in [2.05, 4.69) is 27.5 Å². The Labute approximate surface area is 112 Å². The maximum absolute atomic E-state index is 5.92. The third-order valence-corrected chi connectivity index (χ3v) is 3.69. The van der Waals surface area contributed by atoms with Crippen molar-refractivity contribution >= 4 is 5.69 Å². The number of nitrogens with two attached hydrogens (primary N) is 1. The number of nitrogens with zero attached hydrogens (tertiary/aromatic N) is 3. The molecule has 3 N–H and O–H groups in total. The van der Waals surface area contributed by atoms with E-state index in [0.717, 1.165) is 37.1 Å². The molecular formula is C14H19N5. The van der Waals surface area contributed by atoms with Gasteiger partial charge in [0.15, 0.2) is 0 Å². The van der Waals surface area contributed by atoms with Crippen molar-refractivity contribution in [2.24, 2.45) is 5.73 Å². The molecule has 0 aliphatic heterocycles. The normalized spacial score (nSPS) is 23.2. The SMILES string of the molecule is NC1CCC(Nc2ccc(-n3cncn3)cc2)CC1. The summed E-state index contributed by atoms with van der Waals surface area (Å²) >= 11 is 0. The number of benzene rings is 1. The highest BCUT2D eigenvalue weighted by molar-refractivity contribution is 5.49. The van der Waals surface area contributed by atoms with E-state index < -0.39 is 0 Å². The number of nitrogens with one attached hydrogen (secondary N) is 1. The highest BCUT2D eigenvalue weighted by atomic mass is 15.3. The molecule has 1 fully saturated rings. The van der Waals surface area contributed by atoms with Crippen molar-refractivity contribution in [1.29, 1.82) is 0 Å². The molecule has 1 aliphatic rings. The fraction of sp³-hybridized carbons (Fsp3) is 0.429. The summed E-state index contributed by atoms with van der Waals surface area (Å²) in [5.41, 5.74) is 8.10. The summed E-state index contributed by atoms with van der Waals surface area (Å²) in [7, 11) is 0. The van der Waals surface area contributed by atoms with Crippen LogP contribution in [-0.2, 0) is 0 Å². The van der Waals surface area contributed by atoms with Gasteiger partial charge in [-0.1, -0.05) is 0 Å². The van der Waals surface area contributed by atoms with Crippen molar-refractivity contribution in [3.63, 3.8) is 0 Å². The van der Waals surface area contributed by atoms with Gasteiger partial charge in [0.1, 0.15) is 12.7 Å². The van der Waals surface area contributed by atoms with Crippen LogP contribution in [0.3, 0.4) is 0 Å². The van der Waals surface area contributed by atoms with E-state index in [-0.39, 0.29) is 0 Å². The van der Waals surface area contributed by atoms with Gasteiger partial charge in [0.25, 0.3) is 0 Å². The number of hydrogen-bond acceptors (Lipinski definition) is 4. The van der Waals surface area contributed by atoms with Crippen LogP contribution in [0.2, 0.25) is 0 Å². The van der Waals surface area contributed by atoms with Gasteiger partial charge in [-0.05, 0) is 49.9 Å². The molecule has 0 spiro atoms. The summed E-state index contributed by atoms with van der Waals surface area (Å²) in [6, 6.07) is 9.22. The molecule has 2 aromatic rings. The second-order valence-electron chi connectivity index (χ2n) is 5.14. The average molecular weight is 257 g/mol. The molecule has 0 bridgehead atoms. The van der Waals surface area contributed by atoms with Crippen LogP contribution >= 0.6 is 0 Å². The van der Waals surface area contributed by atoms with Crippen molar-refractivity contribution in [3.8, 4) is 5.69 Å². The third-order valence-electron chi connectivity index (χ3n) is 3.69. The quantitative estimate of drug-likeness (QED) is 0.881. The summed E-state index contributed by atoms with van der Waals surface area (Å²) in [4.78, 5) is 3.95. The van der Waals surface area contributed by atoms with Gasteiger partial charge in [-0.3, -0.25) is 0 Å². The van der Waals surface area contributed by atoms with E-state index in [1.807, 2.05) is 12.1 Å². The molecule has 5 nitrogen and oxygen atoms in total. The Bertz CT molecular complexity index is 497. The summed E-state index contributed by atoms with van der Waals surface area (Å²) in [5.74, 6) is 0. The van der Waals surface area contributed by atoms with E-state index in [9.17, 15) is 0 Å². The van der Waals surface area contributed by atoms with E-state index >= 15 is 0 Å². The van der Waals surface area contributed by atoms with Crippen LogP contribution in [0.25, 0.3) is 5.69 Å². The Morgan fingerprint density at radius 3 is 2.47 bits per heavy atom. The molecule has 0 atom stereocenters. The van der Waals surface area contributed by atoms with Crippen LogP contribution in [-0.4, -0.2) is 26.8 Å². The van der Waals surface area contributed by atoms with Crippen molar-refractivity contribution < 1.29 is 0 Å². The number of hydrogen-bond donors (Lipinski definition) is 2. The summed E-state index contributed by atoms with van der Waals surface area (Å²) < 4.78 is 1.75. The Kier molecular flexibility index (Phi) is 3.46. The van der Waals surface area contributed by atoms with Crippen LogP contribution in [0.1, 0.15) is 25.7 Å². The maximum Gasteiger partial charge on any atom is 0.138 e. The van der Waals surface area contributed by atoms with Crippen LogP contribution in [0.4, 0.5) is 5.69 Å². The molecule has 5 heteroatoms. The fourth-order valence-corrected chi connectivity index (χ4v) is 2.55. The molecule has 1 saturated carbocycles. The topological polar surface area (TPSA) is 68.8 Å². The maximum atomic E-state index is 5.92. The van der Waals surface area contributed by atoms with Gasteiger partial charge >= 0.3 is 0 Å². The molecule has 0 saturated heterocycles. The predicted molar refractivity (Wildman–Crippen MR) is 75.2 cm³/mol. The van der Waals surface area contributed by atoms with Crippen molar-refractivity contribution in [2.45, 2.75) is 37.8 Å². The van der Waals surface area contributed by atoms with Gasteiger partial charge in [0.2, 0.25) is 0 Å². The number of aromatic nitrogens is 3. The molecule has 0 unspecified atom stereocenters. The van der Waals surface area contributed by atoms with Crippen LogP contribution in [0, 0.1) is 0 Å². The van der Waals surface area contributed by atoms with Crippen molar-refractivity contribution in [3.05, 3.63) is 36.9 Å². The standard InChI is InChI=1S/C14H19N5/c15-11-1-3-12(4-2-11)18-13-5-7-14(8-6-13)19-10-16-9-17-19/h5-12,18H,1-4,15H2. The first-order valence-corrected chi connectivity index (χ1v) is 6.78. The first kappa shape index (κ1) is 12.2. The largest absolute Gasteiger partial charge is 0.382 e. The van der Waals surface area contributed by atoms with Gasteiger partial charge in [-0.2, -0.15) is 5.10 Å². The second kappa shape index (κ2) is 5.40. The second-order valence-corrected chi connectivity index (χ2v) is 5.14. The van der Waals surface area contributed by atoms with E-state index in [4.69, 9.17) is 5.73 Å². The zero-order chi connectivity index (χ0) is 13.1. The van der Waals surface area contributed by atoms with Gasteiger partial charge in [-0.15, -0.1) is 0 Å². The highest BCUT2D eigenvalue weighted by Crippen LogP contribution is 2.21. The number of rotatable bonds is 3. The Morgan fingerprint density at radius 1 is 1.11 bits per heavy atom. The lowest BCUT2D eigenvalue weighted by molar-refractivity contribution is 0.411. The smallest absolute Gasteiger partial charge is 0.138 e. The molecule has 1 aromatic heterocycles. The van der Waals surface area contributed by atoms with Crippen LogP contribution < -0.4 is 11.1 Å². The Hall–Kier alpha value is -1.88. The minimum Gasteiger partial charge on any atom is -0.382 e. The molecule has 1 aliphatic carbocycles. The Morgan fingerprint density at radius 2 is 1.84 bits per heavy atom. The lowest BCUT2D eigenvalue weighted by Gasteiger charge is -2.27. The summed E-state index contributed by atoms with van der Waals surface area (Å²) in [5, 5.41) is 7.68. The molecule has 100 valence electrons. The molecule has 3 rings (SSSR count). The predicted octanol–water partition coefficient (Wildman–Crippen LogP) is 1.95. The zero-order valence-electron chi connectivity index (χ0n) is 10.9. The monoisotopic (exact) mass is 257 g/mol. The van der Waals surface area contributed by atoms with Crippen molar-refractivity contribution in [2.75, 3.05) is 5.32 Å². The highest BCUT2D eigenvalue weighted by Gasteiger charge is 2.17. The zero-order valence-corrected chi connectivity index (χ0v) is 10.9. The first-order chi connectivity index (χ1) is 9.31. The third kappa shape index (κ3) is 2.93. The summed E-state index contributed by atoms with van der Waals surface area (Å²) in [6.45, 7) is 0. The van der Waals surface area contributed by atoms with E-state index in [0.29, 0.717) is 12.1 Å². The molecule has 1 aromatic carbocycles. The molecular weight excluding hydrogens is 238 g/mol. The minimum atomic E-state index is 0.396. The van der Waals surface area contributed by atoms with Crippen molar-refractivity contribution in [1.82, 2.24) is 14.8 Å². The summed E-state index contributed by atoms with van der Waals surface area (Å²) in [6.07, 6.45) is 7.80. The van der Waals surface area contributed by atoms with Gasteiger partial charge in [0.05, 0.1) is 5.69 Å². The Balaban J connectivity index is 1.63. The van der Waals surface area contributed by atoms with E-state index in [1.54, 1.807) is 11.0 Å². The van der Waals surface area contributed by atoms with Crippen LogP contribution in [0.5, 0.6) is 0 Å². The number of anilines is 1. The molecule has 0 radical (unpaired) electrons. The minimum absolute atomic E-state index is 0.396. The molecule has 0 amide bonds. The van der Waals surface area contributed by atoms with E-state index in [1.165, 1.54) is 6.33 Å². The average Bonchev–Trinajstić information content (AvgIpc) is 2.96. The lowest BCUT2D eigenvalue weighted by atomic mass is 9.92. The lowest BCUT2D eigenvalue weighted by Crippen LogP contribution is -2.32. The van der Waals surface area contributed by atoms with Crippen LogP contribution in [0.15, 0.2) is 36.9 Å². The molecule has 1 heterocycles. The van der Waals surface area contributed by atoms with Gasteiger partial charge in [0, 0.05) is 17.8 Å². The first-order valence-electron chi connectivity index (χ1n) is 6.78.